The third kappa shape index (κ3) is 7.77. The molecule has 1 N–H and O–H groups in total. The molecule has 0 saturated heterocycles. The van der Waals surface area contributed by atoms with Gasteiger partial charge in [-0.15, -0.1) is 11.3 Å². The van der Waals surface area contributed by atoms with Crippen LogP contribution in [-0.4, -0.2) is 46.4 Å². The molecule has 35 heavy (non-hydrogen) atoms. The van der Waals surface area contributed by atoms with Crippen LogP contribution in [0, 0.1) is 5.92 Å². The molecule has 1 saturated carbocycles. The quantitative estimate of drug-likeness (QED) is 0.372. The van der Waals surface area contributed by atoms with E-state index >= 15 is 0 Å². The van der Waals surface area contributed by atoms with E-state index in [4.69, 9.17) is 14.2 Å². The molecule has 2 aromatic rings. The van der Waals surface area contributed by atoms with Gasteiger partial charge >= 0.3 is 11.9 Å². The summed E-state index contributed by atoms with van der Waals surface area (Å²) in [5.74, 6) is -0.562. The summed E-state index contributed by atoms with van der Waals surface area (Å²) in [6.45, 7) is 1.73. The summed E-state index contributed by atoms with van der Waals surface area (Å²) in [5, 5.41) is 0. The Morgan fingerprint density at radius 2 is 1.94 bits per heavy atom. The molecule has 1 aromatic carbocycles. The van der Waals surface area contributed by atoms with Crippen LogP contribution in [0.3, 0.4) is 0 Å². The first-order valence-electron chi connectivity index (χ1n) is 11.5. The molecule has 1 fully saturated rings. The van der Waals surface area contributed by atoms with Crippen LogP contribution in [0.4, 0.5) is 0 Å². The molecule has 0 aliphatic heterocycles. The lowest BCUT2D eigenvalue weighted by Gasteiger charge is -2.21. The Balaban J connectivity index is 1.77. The number of ether oxygens (including phenoxy) is 3. The van der Waals surface area contributed by atoms with Crippen LogP contribution in [0.25, 0.3) is 10.4 Å². The van der Waals surface area contributed by atoms with Gasteiger partial charge in [-0.1, -0.05) is 37.5 Å². The summed E-state index contributed by atoms with van der Waals surface area (Å²) >= 11 is 4.65. The second-order valence-electron chi connectivity index (χ2n) is 8.30. The minimum atomic E-state index is -3.38. The first-order chi connectivity index (χ1) is 16.7. The molecule has 192 valence electrons. The first kappa shape index (κ1) is 27.6. The molecule has 8 nitrogen and oxygen atoms in total. The Bertz CT molecular complexity index is 1140. The predicted molar refractivity (Wildman–Crippen MR) is 138 cm³/mol. The van der Waals surface area contributed by atoms with Crippen molar-refractivity contribution in [1.29, 1.82) is 0 Å². The van der Waals surface area contributed by atoms with Crippen LogP contribution in [0.15, 0.2) is 28.7 Å². The Labute approximate surface area is 218 Å². The van der Waals surface area contributed by atoms with Crippen LogP contribution < -0.4 is 9.46 Å². The lowest BCUT2D eigenvalue weighted by molar-refractivity contribution is -0.145. The van der Waals surface area contributed by atoms with E-state index in [9.17, 15) is 18.0 Å². The zero-order valence-electron chi connectivity index (χ0n) is 19.8. The van der Waals surface area contributed by atoms with E-state index in [1.807, 2.05) is 24.3 Å². The van der Waals surface area contributed by atoms with Gasteiger partial charge in [-0.05, 0) is 58.8 Å². The highest BCUT2D eigenvalue weighted by Gasteiger charge is 2.26. The molecular formula is C24H30BrNO7S2. The van der Waals surface area contributed by atoms with Gasteiger partial charge in [0.15, 0.2) is 17.2 Å². The average molecular weight is 589 g/mol. The van der Waals surface area contributed by atoms with Gasteiger partial charge in [-0.25, -0.2) is 22.7 Å². The fourth-order valence-electron chi connectivity index (χ4n) is 4.01. The third-order valence-corrected chi connectivity index (χ3v) is 9.40. The van der Waals surface area contributed by atoms with Gasteiger partial charge in [0.2, 0.25) is 10.0 Å². The molecule has 0 radical (unpaired) electrons. The molecule has 0 atom stereocenters. The standard InChI is InChI=1S/C24H30BrNO7S2/c1-3-32-19(27)14-33-21-20(25)22(34-23(21)24(28)31-2)18-11-7-10-17(12-18)13-26-35(29,30)15-16-8-5-4-6-9-16/h7,10-12,16,26H,3-6,8-9,13-15H2,1-2H3. The number of hydrogen-bond acceptors (Lipinski definition) is 8. The van der Waals surface area contributed by atoms with Crippen LogP contribution in [0.2, 0.25) is 0 Å². The Hall–Kier alpha value is -1.95. The molecule has 0 amide bonds. The molecule has 0 unspecified atom stereocenters. The van der Waals surface area contributed by atoms with E-state index in [0.29, 0.717) is 9.35 Å². The molecule has 1 heterocycles. The minimum Gasteiger partial charge on any atom is -0.479 e. The van der Waals surface area contributed by atoms with Gasteiger partial charge in [0.1, 0.15) is 0 Å². The van der Waals surface area contributed by atoms with Crippen molar-refractivity contribution in [3.8, 4) is 16.2 Å². The van der Waals surface area contributed by atoms with Gasteiger partial charge in [0, 0.05) is 6.54 Å². The predicted octanol–water partition coefficient (Wildman–Crippen LogP) is 4.91. The maximum absolute atomic E-state index is 12.6. The highest BCUT2D eigenvalue weighted by Crippen LogP contribution is 2.46. The maximum atomic E-state index is 12.6. The van der Waals surface area contributed by atoms with Crippen LogP contribution in [0.5, 0.6) is 5.75 Å². The van der Waals surface area contributed by atoms with E-state index in [1.54, 1.807) is 6.92 Å². The molecule has 1 aliphatic carbocycles. The number of halogens is 1. The van der Waals surface area contributed by atoms with Gasteiger partial charge < -0.3 is 14.2 Å². The number of sulfonamides is 1. The normalized spacial score (nSPS) is 14.5. The fourth-order valence-corrected chi connectivity index (χ4v) is 7.44. The number of esters is 2. The summed E-state index contributed by atoms with van der Waals surface area (Å²) in [6.07, 6.45) is 5.30. The number of benzene rings is 1. The van der Waals surface area contributed by atoms with Crippen molar-refractivity contribution < 1.29 is 32.2 Å². The summed E-state index contributed by atoms with van der Waals surface area (Å²) in [5.41, 5.74) is 1.55. The fraction of sp³-hybridized carbons (Fsp3) is 0.500. The van der Waals surface area contributed by atoms with Crippen molar-refractivity contribution in [3.63, 3.8) is 0 Å². The van der Waals surface area contributed by atoms with Gasteiger partial charge in [-0.3, -0.25) is 0 Å². The number of carbonyl (C=O) groups excluding carboxylic acids is 2. The number of nitrogens with one attached hydrogen (secondary N) is 1. The zero-order chi connectivity index (χ0) is 25.4. The first-order valence-corrected chi connectivity index (χ1v) is 14.8. The van der Waals surface area contributed by atoms with Crippen molar-refractivity contribution in [2.75, 3.05) is 26.1 Å². The molecule has 1 aliphatic rings. The van der Waals surface area contributed by atoms with Crippen molar-refractivity contribution in [3.05, 3.63) is 39.2 Å². The van der Waals surface area contributed by atoms with Crippen molar-refractivity contribution in [1.82, 2.24) is 4.72 Å². The Morgan fingerprint density at radius 1 is 1.20 bits per heavy atom. The average Bonchev–Trinajstić information content (AvgIpc) is 3.18. The highest BCUT2D eigenvalue weighted by atomic mass is 79.9. The molecule has 0 bridgehead atoms. The lowest BCUT2D eigenvalue weighted by Crippen LogP contribution is -2.30. The maximum Gasteiger partial charge on any atom is 0.351 e. The van der Waals surface area contributed by atoms with Gasteiger partial charge in [0.25, 0.3) is 0 Å². The van der Waals surface area contributed by atoms with Crippen molar-refractivity contribution >= 4 is 49.2 Å². The van der Waals surface area contributed by atoms with E-state index < -0.39 is 22.0 Å². The monoisotopic (exact) mass is 587 g/mol. The third-order valence-electron chi connectivity index (χ3n) is 5.68. The molecule has 11 heteroatoms. The zero-order valence-corrected chi connectivity index (χ0v) is 23.0. The van der Waals surface area contributed by atoms with Crippen LogP contribution in [-0.2, 0) is 30.8 Å². The van der Waals surface area contributed by atoms with Crippen molar-refractivity contribution in [2.45, 2.75) is 45.6 Å². The SMILES string of the molecule is CCOC(=O)COc1c(C(=O)OC)sc(-c2cccc(CNS(=O)(=O)CC3CCCCC3)c2)c1Br. The highest BCUT2D eigenvalue weighted by molar-refractivity contribution is 9.10. The Kier molecular flexibility index (Phi) is 10.1. The summed E-state index contributed by atoms with van der Waals surface area (Å²) in [4.78, 5) is 25.0. The largest absolute Gasteiger partial charge is 0.479 e. The van der Waals surface area contributed by atoms with E-state index in [-0.39, 0.29) is 42.1 Å². The molecule has 3 rings (SSSR count). The second-order valence-corrected chi connectivity index (χ2v) is 12.0. The number of thiophene rings is 1. The molecular weight excluding hydrogens is 558 g/mol. The number of hydrogen-bond donors (Lipinski definition) is 1. The lowest BCUT2D eigenvalue weighted by atomic mass is 9.91. The molecule has 1 aromatic heterocycles. The van der Waals surface area contributed by atoms with Gasteiger partial charge in [0.05, 0.1) is 28.8 Å². The van der Waals surface area contributed by atoms with E-state index in [0.717, 1.165) is 48.1 Å². The van der Waals surface area contributed by atoms with Crippen LogP contribution >= 0.6 is 27.3 Å². The summed E-state index contributed by atoms with van der Waals surface area (Å²) in [7, 11) is -2.12. The second kappa shape index (κ2) is 12.8. The topological polar surface area (TPSA) is 108 Å². The van der Waals surface area contributed by atoms with E-state index in [1.165, 1.54) is 13.5 Å². The number of carbonyl (C=O) groups is 2. The van der Waals surface area contributed by atoms with Crippen LogP contribution in [0.1, 0.15) is 54.3 Å². The smallest absolute Gasteiger partial charge is 0.351 e. The van der Waals surface area contributed by atoms with E-state index in [2.05, 4.69) is 20.7 Å². The van der Waals surface area contributed by atoms with Crippen molar-refractivity contribution in [2.24, 2.45) is 5.92 Å². The molecule has 0 spiro atoms. The number of methoxy groups -OCH3 is 1. The summed E-state index contributed by atoms with van der Waals surface area (Å²) < 4.78 is 43.8. The van der Waals surface area contributed by atoms with Gasteiger partial charge in [-0.2, -0.15) is 0 Å². The number of rotatable bonds is 11. The summed E-state index contributed by atoms with van der Waals surface area (Å²) in [6, 6.07) is 7.37. The Morgan fingerprint density at radius 3 is 2.63 bits per heavy atom. The minimum absolute atomic E-state index is 0.160.